The van der Waals surface area contributed by atoms with E-state index in [0.29, 0.717) is 0 Å². The Morgan fingerprint density at radius 1 is 1.21 bits per heavy atom. The molecule has 2 nitrogen and oxygen atoms in total. The number of fused-ring (bicyclic) bond motifs is 1. The highest BCUT2D eigenvalue weighted by Gasteiger charge is 2.44. The average molecular weight is 197 g/mol. The van der Waals surface area contributed by atoms with Crippen LogP contribution in [0.15, 0.2) is 0 Å². The van der Waals surface area contributed by atoms with Gasteiger partial charge in [0.2, 0.25) is 0 Å². The Bertz CT molecular complexity index is 187. The van der Waals surface area contributed by atoms with Gasteiger partial charge in [-0.2, -0.15) is 0 Å². The van der Waals surface area contributed by atoms with E-state index in [1.807, 2.05) is 0 Å². The van der Waals surface area contributed by atoms with Gasteiger partial charge in [0.1, 0.15) is 0 Å². The van der Waals surface area contributed by atoms with Gasteiger partial charge in [-0.25, -0.2) is 0 Å². The molecule has 1 aliphatic heterocycles. The molecule has 14 heavy (non-hydrogen) atoms. The van der Waals surface area contributed by atoms with Crippen molar-refractivity contribution in [3.63, 3.8) is 0 Å². The Kier molecular flexibility index (Phi) is 2.85. The van der Waals surface area contributed by atoms with Gasteiger partial charge in [0.15, 0.2) is 0 Å². The molecular weight excluding hydrogens is 174 g/mol. The standard InChI is InChI=1S/C12H23NO/c1-12(2,3)14-6-4-5-13-8-10-7-11(10)9-13/h10-11H,4-9H2,1-3H3. The Balaban J connectivity index is 1.51. The van der Waals surface area contributed by atoms with Crippen LogP contribution in [0.2, 0.25) is 0 Å². The van der Waals surface area contributed by atoms with Crippen LogP contribution in [-0.4, -0.2) is 36.7 Å². The van der Waals surface area contributed by atoms with E-state index in [4.69, 9.17) is 4.74 Å². The zero-order valence-electron chi connectivity index (χ0n) is 9.75. The summed E-state index contributed by atoms with van der Waals surface area (Å²) in [5.41, 5.74) is 0.0349. The number of rotatable bonds is 4. The minimum atomic E-state index is 0.0349. The van der Waals surface area contributed by atoms with Gasteiger partial charge >= 0.3 is 0 Å². The first kappa shape index (κ1) is 10.4. The topological polar surface area (TPSA) is 12.5 Å². The van der Waals surface area contributed by atoms with E-state index in [9.17, 15) is 0 Å². The predicted octanol–water partition coefficient (Wildman–Crippen LogP) is 2.14. The average Bonchev–Trinajstić information content (AvgIpc) is 2.67. The Hall–Kier alpha value is -0.0800. The molecule has 0 radical (unpaired) electrons. The van der Waals surface area contributed by atoms with Crippen molar-refractivity contribution in [2.75, 3.05) is 26.2 Å². The van der Waals surface area contributed by atoms with Gasteiger partial charge in [0.05, 0.1) is 5.60 Å². The maximum atomic E-state index is 5.70. The molecule has 2 atom stereocenters. The van der Waals surface area contributed by atoms with Crippen molar-refractivity contribution in [2.24, 2.45) is 11.8 Å². The molecule has 0 aromatic carbocycles. The number of hydrogen-bond acceptors (Lipinski definition) is 2. The fourth-order valence-electron chi connectivity index (χ4n) is 2.34. The van der Waals surface area contributed by atoms with Crippen LogP contribution in [0.25, 0.3) is 0 Å². The Morgan fingerprint density at radius 3 is 2.43 bits per heavy atom. The van der Waals surface area contributed by atoms with Gasteiger partial charge < -0.3 is 9.64 Å². The molecule has 2 aliphatic rings. The number of ether oxygens (including phenoxy) is 1. The summed E-state index contributed by atoms with van der Waals surface area (Å²) in [5.74, 6) is 2.14. The quantitative estimate of drug-likeness (QED) is 0.640. The van der Waals surface area contributed by atoms with E-state index in [1.165, 1.54) is 32.5 Å². The SMILES string of the molecule is CC(C)(C)OCCCN1CC2CC2C1. The summed E-state index contributed by atoms with van der Waals surface area (Å²) in [6.45, 7) is 11.2. The lowest BCUT2D eigenvalue weighted by molar-refractivity contribution is -0.00659. The largest absolute Gasteiger partial charge is 0.376 e. The molecule has 0 N–H and O–H groups in total. The highest BCUT2D eigenvalue weighted by Crippen LogP contribution is 2.44. The molecule has 1 saturated heterocycles. The number of piperidine rings is 1. The van der Waals surface area contributed by atoms with Crippen molar-refractivity contribution >= 4 is 0 Å². The minimum absolute atomic E-state index is 0.0349. The van der Waals surface area contributed by atoms with E-state index in [2.05, 4.69) is 25.7 Å². The van der Waals surface area contributed by atoms with Crippen LogP contribution >= 0.6 is 0 Å². The summed E-state index contributed by atoms with van der Waals surface area (Å²) in [4.78, 5) is 2.60. The molecule has 0 aromatic rings. The summed E-state index contributed by atoms with van der Waals surface area (Å²) >= 11 is 0. The summed E-state index contributed by atoms with van der Waals surface area (Å²) in [5, 5.41) is 0. The third kappa shape index (κ3) is 2.96. The van der Waals surface area contributed by atoms with Crippen molar-refractivity contribution in [1.29, 1.82) is 0 Å². The molecule has 82 valence electrons. The molecule has 1 heterocycles. The Labute approximate surface area is 87.6 Å². The van der Waals surface area contributed by atoms with Crippen LogP contribution in [-0.2, 0) is 4.74 Å². The van der Waals surface area contributed by atoms with Crippen molar-refractivity contribution in [1.82, 2.24) is 4.90 Å². The smallest absolute Gasteiger partial charge is 0.0598 e. The minimum Gasteiger partial charge on any atom is -0.376 e. The molecule has 0 spiro atoms. The lowest BCUT2D eigenvalue weighted by Gasteiger charge is -2.21. The van der Waals surface area contributed by atoms with Crippen LogP contribution in [0.1, 0.15) is 33.6 Å². The van der Waals surface area contributed by atoms with Gasteiger partial charge in [0.25, 0.3) is 0 Å². The first-order chi connectivity index (χ1) is 6.54. The van der Waals surface area contributed by atoms with Crippen molar-refractivity contribution in [3.8, 4) is 0 Å². The Morgan fingerprint density at radius 2 is 1.86 bits per heavy atom. The second-order valence-electron chi connectivity index (χ2n) is 5.83. The number of nitrogens with zero attached hydrogens (tertiary/aromatic N) is 1. The monoisotopic (exact) mass is 197 g/mol. The van der Waals surface area contributed by atoms with Crippen molar-refractivity contribution in [2.45, 2.75) is 39.2 Å². The van der Waals surface area contributed by atoms with Gasteiger partial charge in [-0.05, 0) is 45.4 Å². The second kappa shape index (κ2) is 3.82. The normalized spacial score (nSPS) is 31.9. The first-order valence-electron chi connectivity index (χ1n) is 5.91. The summed E-state index contributed by atoms with van der Waals surface area (Å²) in [7, 11) is 0. The van der Waals surface area contributed by atoms with E-state index >= 15 is 0 Å². The lowest BCUT2D eigenvalue weighted by Crippen LogP contribution is -2.26. The van der Waals surface area contributed by atoms with E-state index in [1.54, 1.807) is 0 Å². The van der Waals surface area contributed by atoms with Gasteiger partial charge in [-0.1, -0.05) is 0 Å². The van der Waals surface area contributed by atoms with Gasteiger partial charge in [-0.3, -0.25) is 0 Å². The summed E-state index contributed by atoms with van der Waals surface area (Å²) in [6, 6.07) is 0. The molecule has 0 amide bonds. The van der Waals surface area contributed by atoms with Gasteiger partial charge in [0, 0.05) is 26.2 Å². The van der Waals surface area contributed by atoms with E-state index in [0.717, 1.165) is 18.4 Å². The molecule has 1 saturated carbocycles. The van der Waals surface area contributed by atoms with E-state index < -0.39 is 0 Å². The molecule has 1 aliphatic carbocycles. The highest BCUT2D eigenvalue weighted by atomic mass is 16.5. The maximum absolute atomic E-state index is 5.70. The predicted molar refractivity (Wildman–Crippen MR) is 58.4 cm³/mol. The summed E-state index contributed by atoms with van der Waals surface area (Å²) in [6.07, 6.45) is 2.70. The molecule has 2 rings (SSSR count). The first-order valence-corrected chi connectivity index (χ1v) is 5.91. The molecule has 2 heteroatoms. The second-order valence-corrected chi connectivity index (χ2v) is 5.83. The zero-order valence-corrected chi connectivity index (χ0v) is 9.75. The molecular formula is C12H23NO. The van der Waals surface area contributed by atoms with Crippen molar-refractivity contribution in [3.05, 3.63) is 0 Å². The van der Waals surface area contributed by atoms with E-state index in [-0.39, 0.29) is 5.60 Å². The third-order valence-corrected chi connectivity index (χ3v) is 3.21. The molecule has 0 aromatic heterocycles. The van der Waals surface area contributed by atoms with Crippen molar-refractivity contribution < 1.29 is 4.74 Å². The molecule has 0 bridgehead atoms. The third-order valence-electron chi connectivity index (χ3n) is 3.21. The fourth-order valence-corrected chi connectivity index (χ4v) is 2.34. The van der Waals surface area contributed by atoms with Crippen LogP contribution in [0.3, 0.4) is 0 Å². The van der Waals surface area contributed by atoms with Crippen LogP contribution in [0, 0.1) is 11.8 Å². The van der Waals surface area contributed by atoms with Crippen LogP contribution in [0.4, 0.5) is 0 Å². The zero-order chi connectivity index (χ0) is 10.2. The highest BCUT2D eigenvalue weighted by molar-refractivity contribution is 4.96. The maximum Gasteiger partial charge on any atom is 0.0598 e. The molecule has 2 unspecified atom stereocenters. The molecule has 2 fully saturated rings. The number of hydrogen-bond donors (Lipinski definition) is 0. The van der Waals surface area contributed by atoms with Crippen LogP contribution in [0.5, 0.6) is 0 Å². The lowest BCUT2D eigenvalue weighted by atomic mass is 10.2. The number of likely N-dealkylation sites (tertiary alicyclic amines) is 1. The van der Waals surface area contributed by atoms with Crippen LogP contribution < -0.4 is 0 Å². The fraction of sp³-hybridized carbons (Fsp3) is 1.00. The summed E-state index contributed by atoms with van der Waals surface area (Å²) < 4.78 is 5.70. The van der Waals surface area contributed by atoms with Gasteiger partial charge in [-0.15, -0.1) is 0 Å².